The molecule has 66 valence electrons. The third-order valence-corrected chi connectivity index (χ3v) is 1.97. The van der Waals surface area contributed by atoms with Crippen LogP contribution in [0, 0.1) is 0 Å². The number of halogens is 2. The molecule has 1 heterocycles. The quantitative estimate of drug-likeness (QED) is 0.721. The number of aromatic nitrogens is 1. The summed E-state index contributed by atoms with van der Waals surface area (Å²) in [5, 5.41) is 18.0. The largest absolute Gasteiger partial charge is 0.392 e. The summed E-state index contributed by atoms with van der Waals surface area (Å²) in [6, 6.07) is 1.47. The number of nitrogens with zero attached hydrogens (tertiary/aromatic N) is 1. The van der Waals surface area contributed by atoms with E-state index in [9.17, 15) is 0 Å². The van der Waals surface area contributed by atoms with E-state index in [1.807, 2.05) is 0 Å². The monoisotopic (exact) mass is 207 g/mol. The molecule has 2 N–H and O–H groups in total. The van der Waals surface area contributed by atoms with E-state index < -0.39 is 0 Å². The van der Waals surface area contributed by atoms with Gasteiger partial charge in [0, 0.05) is 5.56 Å². The molecule has 0 unspecified atom stereocenters. The molecular formula is C7H7Cl2NO2. The molecule has 1 rings (SSSR count). The van der Waals surface area contributed by atoms with Crippen molar-refractivity contribution in [3.63, 3.8) is 0 Å². The van der Waals surface area contributed by atoms with Gasteiger partial charge in [-0.2, -0.15) is 0 Å². The van der Waals surface area contributed by atoms with Crippen molar-refractivity contribution < 1.29 is 10.2 Å². The number of aliphatic hydroxyl groups excluding tert-OH is 2. The van der Waals surface area contributed by atoms with Gasteiger partial charge in [-0.15, -0.1) is 0 Å². The molecule has 0 bridgehead atoms. The van der Waals surface area contributed by atoms with Crippen LogP contribution in [0.25, 0.3) is 0 Å². The van der Waals surface area contributed by atoms with E-state index in [4.69, 9.17) is 33.4 Å². The Kier molecular flexibility index (Phi) is 3.29. The minimum Gasteiger partial charge on any atom is -0.392 e. The molecule has 1 aromatic rings. The highest BCUT2D eigenvalue weighted by Crippen LogP contribution is 2.21. The van der Waals surface area contributed by atoms with Crippen molar-refractivity contribution in [1.82, 2.24) is 4.98 Å². The molecule has 0 atom stereocenters. The Balaban J connectivity index is 3.24. The Bertz CT molecular complexity index is 291. The fourth-order valence-electron chi connectivity index (χ4n) is 0.865. The highest BCUT2D eigenvalue weighted by Gasteiger charge is 2.08. The lowest BCUT2D eigenvalue weighted by Crippen LogP contribution is -1.97. The second kappa shape index (κ2) is 4.05. The zero-order valence-electron chi connectivity index (χ0n) is 6.09. The van der Waals surface area contributed by atoms with Gasteiger partial charge in [-0.05, 0) is 11.6 Å². The first-order valence-corrected chi connectivity index (χ1v) is 4.00. The van der Waals surface area contributed by atoms with Crippen molar-refractivity contribution in [3.05, 3.63) is 27.5 Å². The Labute approximate surface area is 79.6 Å². The molecular weight excluding hydrogens is 201 g/mol. The van der Waals surface area contributed by atoms with E-state index in [1.165, 1.54) is 6.07 Å². The maximum absolute atomic E-state index is 8.84. The van der Waals surface area contributed by atoms with Crippen LogP contribution in [0.1, 0.15) is 11.1 Å². The molecule has 0 aliphatic rings. The molecule has 3 nitrogen and oxygen atoms in total. The van der Waals surface area contributed by atoms with Gasteiger partial charge in [0.1, 0.15) is 10.3 Å². The van der Waals surface area contributed by atoms with Gasteiger partial charge in [0.25, 0.3) is 0 Å². The standard InChI is InChI=1S/C7H7Cl2NO2/c8-6-1-4(2-11)5(3-12)7(9)10-6/h1,11-12H,2-3H2. The summed E-state index contributed by atoms with van der Waals surface area (Å²) >= 11 is 11.2. The normalized spacial score (nSPS) is 10.3. The molecule has 0 fully saturated rings. The van der Waals surface area contributed by atoms with Crippen LogP contribution in [-0.2, 0) is 13.2 Å². The van der Waals surface area contributed by atoms with Crippen molar-refractivity contribution in [2.24, 2.45) is 0 Å². The zero-order valence-corrected chi connectivity index (χ0v) is 7.60. The van der Waals surface area contributed by atoms with Crippen LogP contribution >= 0.6 is 23.2 Å². The van der Waals surface area contributed by atoms with Crippen molar-refractivity contribution in [2.75, 3.05) is 0 Å². The molecule has 0 aromatic carbocycles. The summed E-state index contributed by atoms with van der Waals surface area (Å²) in [6.45, 7) is -0.462. The van der Waals surface area contributed by atoms with E-state index in [2.05, 4.69) is 4.98 Å². The van der Waals surface area contributed by atoms with E-state index in [-0.39, 0.29) is 23.5 Å². The first kappa shape index (κ1) is 9.74. The lowest BCUT2D eigenvalue weighted by molar-refractivity contribution is 0.259. The molecule has 0 aliphatic heterocycles. The Morgan fingerprint density at radius 2 is 1.92 bits per heavy atom. The van der Waals surface area contributed by atoms with Crippen LogP contribution in [0.15, 0.2) is 6.07 Å². The van der Waals surface area contributed by atoms with E-state index in [0.29, 0.717) is 11.1 Å². The smallest absolute Gasteiger partial charge is 0.136 e. The highest BCUT2D eigenvalue weighted by molar-refractivity contribution is 6.33. The van der Waals surface area contributed by atoms with Crippen molar-refractivity contribution in [2.45, 2.75) is 13.2 Å². The maximum Gasteiger partial charge on any atom is 0.136 e. The Morgan fingerprint density at radius 1 is 1.25 bits per heavy atom. The fraction of sp³-hybridized carbons (Fsp3) is 0.286. The van der Waals surface area contributed by atoms with Gasteiger partial charge in [0.05, 0.1) is 13.2 Å². The lowest BCUT2D eigenvalue weighted by atomic mass is 10.1. The fourth-order valence-corrected chi connectivity index (χ4v) is 1.40. The second-order valence-corrected chi connectivity index (χ2v) is 2.93. The van der Waals surface area contributed by atoms with Gasteiger partial charge in [-0.25, -0.2) is 4.98 Å². The highest BCUT2D eigenvalue weighted by atomic mass is 35.5. The summed E-state index contributed by atoms with van der Waals surface area (Å²) in [5.74, 6) is 0. The number of aliphatic hydroxyl groups is 2. The lowest BCUT2D eigenvalue weighted by Gasteiger charge is -2.05. The predicted octanol–water partition coefficient (Wildman–Crippen LogP) is 1.37. The van der Waals surface area contributed by atoms with Crippen LogP contribution in [0.4, 0.5) is 0 Å². The van der Waals surface area contributed by atoms with Gasteiger partial charge < -0.3 is 10.2 Å². The second-order valence-electron chi connectivity index (χ2n) is 2.19. The summed E-state index contributed by atoms with van der Waals surface area (Å²) < 4.78 is 0. The van der Waals surface area contributed by atoms with Crippen molar-refractivity contribution in [1.29, 1.82) is 0 Å². The van der Waals surface area contributed by atoms with E-state index in [0.717, 1.165) is 0 Å². The molecule has 0 amide bonds. The van der Waals surface area contributed by atoms with Crippen LogP contribution in [0.2, 0.25) is 10.3 Å². The average molecular weight is 208 g/mol. The van der Waals surface area contributed by atoms with Gasteiger partial charge in [-0.1, -0.05) is 23.2 Å². The molecule has 12 heavy (non-hydrogen) atoms. The predicted molar refractivity (Wildman–Crippen MR) is 46.1 cm³/mol. The number of hydrogen-bond donors (Lipinski definition) is 2. The molecule has 0 saturated heterocycles. The third kappa shape index (κ3) is 1.87. The SMILES string of the molecule is OCc1cc(Cl)nc(Cl)c1CO. The van der Waals surface area contributed by atoms with Crippen molar-refractivity contribution >= 4 is 23.2 Å². The first-order valence-electron chi connectivity index (χ1n) is 3.24. The average Bonchev–Trinajstić information content (AvgIpc) is 2.03. The summed E-state index contributed by atoms with van der Waals surface area (Å²) in [5.41, 5.74) is 0.922. The number of pyridine rings is 1. The minimum atomic E-state index is -0.251. The van der Waals surface area contributed by atoms with Gasteiger partial charge in [0.15, 0.2) is 0 Å². The summed E-state index contributed by atoms with van der Waals surface area (Å²) in [7, 11) is 0. The minimum absolute atomic E-state index is 0.133. The van der Waals surface area contributed by atoms with Gasteiger partial charge >= 0.3 is 0 Å². The number of hydrogen-bond acceptors (Lipinski definition) is 3. The summed E-state index contributed by atoms with van der Waals surface area (Å²) in [4.78, 5) is 3.71. The number of rotatable bonds is 2. The zero-order chi connectivity index (χ0) is 9.14. The molecule has 0 spiro atoms. The topological polar surface area (TPSA) is 53.4 Å². The molecule has 0 radical (unpaired) electrons. The van der Waals surface area contributed by atoms with Gasteiger partial charge in [0.2, 0.25) is 0 Å². The molecule has 0 saturated carbocycles. The van der Waals surface area contributed by atoms with Crippen LogP contribution in [0.5, 0.6) is 0 Å². The van der Waals surface area contributed by atoms with Crippen LogP contribution in [0.3, 0.4) is 0 Å². The van der Waals surface area contributed by atoms with Crippen molar-refractivity contribution in [3.8, 4) is 0 Å². The maximum atomic E-state index is 8.84. The molecule has 1 aromatic heterocycles. The first-order chi connectivity index (χ1) is 5.69. The molecule has 5 heteroatoms. The van der Waals surface area contributed by atoms with Gasteiger partial charge in [-0.3, -0.25) is 0 Å². The van der Waals surface area contributed by atoms with Crippen LogP contribution in [-0.4, -0.2) is 15.2 Å². The van der Waals surface area contributed by atoms with Crippen LogP contribution < -0.4 is 0 Å². The Morgan fingerprint density at radius 3 is 2.42 bits per heavy atom. The third-order valence-electron chi connectivity index (χ3n) is 1.46. The Hall–Kier alpha value is -0.350. The van der Waals surface area contributed by atoms with E-state index in [1.54, 1.807) is 0 Å². The summed E-state index contributed by atoms with van der Waals surface area (Å²) in [6.07, 6.45) is 0. The molecule has 0 aliphatic carbocycles. The van der Waals surface area contributed by atoms with E-state index >= 15 is 0 Å².